The number of carbonyl (C=O) groups is 4. The summed E-state index contributed by atoms with van der Waals surface area (Å²) in [5, 5.41) is 38.3. The summed E-state index contributed by atoms with van der Waals surface area (Å²) in [5.41, 5.74) is -9.40. The van der Waals surface area contributed by atoms with Crippen molar-refractivity contribution in [2.24, 2.45) is 34.0 Å². The van der Waals surface area contributed by atoms with Crippen LogP contribution in [0, 0.1) is 34.0 Å². The molecule has 1 aromatic carbocycles. The van der Waals surface area contributed by atoms with Gasteiger partial charge in [0.25, 0.3) is 0 Å². The van der Waals surface area contributed by atoms with Crippen molar-refractivity contribution in [1.29, 1.82) is 0 Å². The van der Waals surface area contributed by atoms with Gasteiger partial charge in [0, 0.05) is 12.5 Å². The molecule has 1 unspecified atom stereocenters. The van der Waals surface area contributed by atoms with Crippen molar-refractivity contribution < 1.29 is 77.1 Å². The summed E-state index contributed by atoms with van der Waals surface area (Å²) in [5.74, 6) is -9.73. The standard InChI is InChI=1S/C41H50O16Se/c1-8-19(2)30(44)54-23-15-24(53-20(3)42)38(32(45)49-6)17-51-27-28(38)37(23)18-52-40(48,33(46)50-7)31(37)35(4,29(27)43)41-25-14-22(36(41,5)57-41)39(47)16-26(56-34(39)55-25)58-21-12-10-9-11-13-21/h8-13,22-29,31,34,43,47-48H,14-18H2,1-7H3/b19-8+/t22-,23+,24-,25+,26?,27-,28-,29-,31+,34-,35-,36+,37+,38+,39+,40+,41+/m1/s1. The van der Waals surface area contributed by atoms with E-state index in [0.29, 0.717) is 0 Å². The van der Waals surface area contributed by atoms with Crippen LogP contribution < -0.4 is 4.46 Å². The number of rotatable bonds is 8. The monoisotopic (exact) mass is 878 g/mol. The van der Waals surface area contributed by atoms with Crippen molar-refractivity contribution in [2.75, 3.05) is 27.4 Å². The Morgan fingerprint density at radius 1 is 0.931 bits per heavy atom. The minimum atomic E-state index is -2.83. The maximum atomic E-state index is 14.3. The summed E-state index contributed by atoms with van der Waals surface area (Å²) in [7, 11) is 2.26. The van der Waals surface area contributed by atoms with Crippen molar-refractivity contribution in [2.45, 2.75) is 118 Å². The molecule has 2 bridgehead atoms. The SMILES string of the molecule is C/C=C(\C)C(=O)O[C@H]1C[C@@H](OC(C)=O)[C@@]2(C(=O)OC)CO[C@H]3[C@@H](O)[C@@](C)([C@]45O[C@@]4(C)[C@H]4C[C@@H]5O[C@@H]5OC([Se]c6ccccc6)C[C@@]54O)[C@H]4[C@]1(CO[C@]4(O)C(=O)OC)[C@@H]32. The Morgan fingerprint density at radius 3 is 2.29 bits per heavy atom. The quantitative estimate of drug-likeness (QED) is 0.103. The van der Waals surface area contributed by atoms with Gasteiger partial charge < -0.3 is 9.47 Å². The Balaban J connectivity index is 1.21. The van der Waals surface area contributed by atoms with Gasteiger partial charge in [-0.2, -0.15) is 0 Å². The zero-order valence-corrected chi connectivity index (χ0v) is 35.0. The number of methoxy groups -OCH3 is 2. The maximum absolute atomic E-state index is 14.3. The summed E-state index contributed by atoms with van der Waals surface area (Å²) < 4.78 is 56.8. The first kappa shape index (κ1) is 40.4. The second-order valence-corrected chi connectivity index (χ2v) is 20.2. The van der Waals surface area contributed by atoms with Crippen LogP contribution in [0.3, 0.4) is 0 Å². The van der Waals surface area contributed by atoms with E-state index in [1.165, 1.54) is 14.0 Å². The first-order chi connectivity index (χ1) is 27.4. The van der Waals surface area contributed by atoms with Gasteiger partial charge in [-0.1, -0.05) is 6.08 Å². The number of benzene rings is 1. The third-order valence-corrected chi connectivity index (χ3v) is 17.7. The predicted molar refractivity (Wildman–Crippen MR) is 195 cm³/mol. The van der Waals surface area contributed by atoms with Crippen molar-refractivity contribution in [3.63, 3.8) is 0 Å². The second-order valence-electron chi connectivity index (χ2n) is 17.6. The van der Waals surface area contributed by atoms with Crippen LogP contribution in [0.15, 0.2) is 42.0 Å². The number of ether oxygens (including phenoxy) is 9. The molecule has 3 saturated carbocycles. The van der Waals surface area contributed by atoms with E-state index in [-0.39, 0.29) is 44.8 Å². The third kappa shape index (κ3) is 4.69. The molecule has 16 nitrogen and oxygen atoms in total. The summed E-state index contributed by atoms with van der Waals surface area (Å²) in [4.78, 5) is 55.0. The Hall–Kier alpha value is -2.96. The van der Waals surface area contributed by atoms with Gasteiger partial charge in [-0.3, -0.25) is 9.59 Å². The number of carbonyl (C=O) groups excluding carboxylic acids is 4. The molecular formula is C41H50O16Se. The predicted octanol–water partition coefficient (Wildman–Crippen LogP) is 0.0291. The van der Waals surface area contributed by atoms with Gasteiger partial charge in [0.05, 0.1) is 7.11 Å². The van der Waals surface area contributed by atoms with Gasteiger partial charge >= 0.3 is 279 Å². The fourth-order valence-electron chi connectivity index (χ4n) is 13.2. The molecule has 3 aliphatic carbocycles. The number of hydrogen-bond acceptors (Lipinski definition) is 16. The van der Waals surface area contributed by atoms with Gasteiger partial charge in [0.15, 0.2) is 0 Å². The van der Waals surface area contributed by atoms with E-state index in [9.17, 15) is 34.5 Å². The molecule has 0 amide bonds. The molecule has 8 fully saturated rings. The second kappa shape index (κ2) is 13.0. The van der Waals surface area contributed by atoms with E-state index in [0.717, 1.165) is 11.6 Å². The Morgan fingerprint density at radius 2 is 1.64 bits per heavy atom. The van der Waals surface area contributed by atoms with Gasteiger partial charge in [-0.05, 0) is 13.8 Å². The summed E-state index contributed by atoms with van der Waals surface area (Å²) >= 11 is -0.154. The van der Waals surface area contributed by atoms with Crippen molar-refractivity contribution in [1.82, 2.24) is 0 Å². The fourth-order valence-corrected chi connectivity index (χ4v) is 15.6. The molecule has 3 N–H and O–H groups in total. The molecule has 0 aromatic heterocycles. The van der Waals surface area contributed by atoms with Crippen LogP contribution >= 0.6 is 0 Å². The number of epoxide rings is 1. The summed E-state index contributed by atoms with van der Waals surface area (Å²) in [6.07, 6.45) is -5.65. The van der Waals surface area contributed by atoms with Crippen LogP contribution in [0.25, 0.3) is 0 Å². The van der Waals surface area contributed by atoms with E-state index in [4.69, 9.17) is 42.6 Å². The molecule has 0 radical (unpaired) electrons. The zero-order valence-electron chi connectivity index (χ0n) is 33.3. The molecule has 316 valence electrons. The molecule has 5 heterocycles. The topological polar surface area (TPSA) is 215 Å². The number of allylic oxidation sites excluding steroid dienone is 1. The van der Waals surface area contributed by atoms with Gasteiger partial charge in [-0.25, -0.2) is 4.79 Å². The number of fused-ring (bicyclic) bond motifs is 7. The molecule has 5 aliphatic heterocycles. The number of hydrogen-bond donors (Lipinski definition) is 3. The minimum absolute atomic E-state index is 0.154. The fraction of sp³-hybridized carbons (Fsp3) is 0.707. The van der Waals surface area contributed by atoms with Crippen molar-refractivity contribution in [3.8, 4) is 0 Å². The van der Waals surface area contributed by atoms with E-state index in [2.05, 4.69) is 0 Å². The first-order valence-corrected chi connectivity index (χ1v) is 21.5. The molecule has 1 aromatic rings. The normalized spacial score (nSPS) is 50.5. The van der Waals surface area contributed by atoms with Gasteiger partial charge in [0.2, 0.25) is 0 Å². The van der Waals surface area contributed by atoms with Crippen LogP contribution in [0.1, 0.15) is 53.9 Å². The van der Waals surface area contributed by atoms with Crippen LogP contribution in [-0.2, 0) is 61.8 Å². The average molecular weight is 878 g/mol. The van der Waals surface area contributed by atoms with E-state index in [1.54, 1.807) is 26.8 Å². The molecule has 9 rings (SSSR count). The Kier molecular flexibility index (Phi) is 9.08. The van der Waals surface area contributed by atoms with E-state index >= 15 is 0 Å². The molecule has 5 saturated heterocycles. The molecule has 58 heavy (non-hydrogen) atoms. The number of aliphatic hydroxyl groups excluding tert-OH is 1. The molecular weight excluding hydrogens is 827 g/mol. The first-order valence-electron chi connectivity index (χ1n) is 19.7. The Labute approximate surface area is 341 Å². The summed E-state index contributed by atoms with van der Waals surface area (Å²) in [6.45, 7) is 7.01. The molecule has 8 aliphatic rings. The third-order valence-electron chi connectivity index (χ3n) is 15.4. The van der Waals surface area contributed by atoms with Gasteiger partial charge in [-0.15, -0.1) is 0 Å². The van der Waals surface area contributed by atoms with Crippen molar-refractivity contribution in [3.05, 3.63) is 42.0 Å². The zero-order chi connectivity index (χ0) is 41.6. The van der Waals surface area contributed by atoms with Gasteiger partial charge in [0.1, 0.15) is 0 Å². The number of aliphatic hydroxyl groups is 3. The van der Waals surface area contributed by atoms with Crippen LogP contribution in [0.4, 0.5) is 0 Å². The van der Waals surface area contributed by atoms with E-state index < -0.39 is 130 Å². The van der Waals surface area contributed by atoms with Crippen LogP contribution in [0.5, 0.6) is 0 Å². The number of esters is 4. The molecule has 17 atom stereocenters. The molecule has 17 heteroatoms. The van der Waals surface area contributed by atoms with Crippen LogP contribution in [0.2, 0.25) is 0 Å². The van der Waals surface area contributed by atoms with E-state index in [1.807, 2.05) is 37.3 Å². The summed E-state index contributed by atoms with van der Waals surface area (Å²) in [6, 6.07) is 9.88. The Bertz CT molecular complexity index is 1960. The average Bonchev–Trinajstić information content (AvgIpc) is 3.52. The van der Waals surface area contributed by atoms with Crippen molar-refractivity contribution >= 4 is 43.3 Å². The van der Waals surface area contributed by atoms with Crippen LogP contribution in [-0.4, -0.2) is 146 Å². The molecule has 1 spiro atoms.